The van der Waals surface area contributed by atoms with Gasteiger partial charge >= 0.3 is 5.97 Å². The van der Waals surface area contributed by atoms with Gasteiger partial charge in [-0.05, 0) is 35.4 Å². The normalized spacial score (nSPS) is 21.4. The Hall–Kier alpha value is -3.08. The van der Waals surface area contributed by atoms with Crippen molar-refractivity contribution in [3.63, 3.8) is 0 Å². The van der Waals surface area contributed by atoms with Crippen molar-refractivity contribution < 1.29 is 19.1 Å². The van der Waals surface area contributed by atoms with Crippen LogP contribution in [0, 0.1) is 0 Å². The molecule has 3 aliphatic rings. The zero-order valence-corrected chi connectivity index (χ0v) is 16.6. The molecule has 2 aliphatic heterocycles. The monoisotopic (exact) mass is 389 g/mol. The van der Waals surface area contributed by atoms with Gasteiger partial charge in [0.25, 0.3) is 0 Å². The van der Waals surface area contributed by atoms with Gasteiger partial charge in [0.05, 0.1) is 12.7 Å². The number of methoxy groups -OCH3 is 1. The van der Waals surface area contributed by atoms with Crippen LogP contribution in [0.3, 0.4) is 0 Å². The van der Waals surface area contributed by atoms with Crippen LogP contribution in [-0.4, -0.2) is 37.0 Å². The van der Waals surface area contributed by atoms with Gasteiger partial charge in [0.1, 0.15) is 11.4 Å². The Kier molecular flexibility index (Phi) is 4.02. The molecule has 1 atom stereocenters. The van der Waals surface area contributed by atoms with Crippen molar-refractivity contribution in [3.8, 4) is 5.75 Å². The number of nitrogens with zero attached hydrogens (tertiary/aromatic N) is 1. The first-order valence-corrected chi connectivity index (χ1v) is 10.0. The number of piperidine rings is 1. The third-order valence-corrected chi connectivity index (χ3v) is 6.57. The lowest BCUT2D eigenvalue weighted by molar-refractivity contribution is -0.131. The third-order valence-electron chi connectivity index (χ3n) is 6.57. The molecule has 1 amide bonds. The standard InChI is InChI=1S/C24H23NO4/c1-15-18-6-4-3-5-16(18)13-20(15)22(26)25-11-9-24(10-12-25)21-14-17(28-2)7-8-19(21)23(27)29-24/h3-8,13-15H,9-12H2,1-2H3. The van der Waals surface area contributed by atoms with E-state index in [2.05, 4.69) is 19.1 Å². The van der Waals surface area contributed by atoms with Crippen LogP contribution in [0.2, 0.25) is 0 Å². The SMILES string of the molecule is COc1ccc2c(c1)C1(CCN(C(=O)C3=Cc4ccccc4C3C)CC1)OC2=O. The van der Waals surface area contributed by atoms with Crippen molar-refractivity contribution in [2.45, 2.75) is 31.3 Å². The van der Waals surface area contributed by atoms with Crippen LogP contribution in [-0.2, 0) is 15.1 Å². The highest BCUT2D eigenvalue weighted by atomic mass is 16.6. The number of rotatable bonds is 2. The molecule has 1 saturated heterocycles. The highest BCUT2D eigenvalue weighted by molar-refractivity contribution is 6.02. The summed E-state index contributed by atoms with van der Waals surface area (Å²) in [6, 6.07) is 13.6. The molecular weight excluding hydrogens is 366 g/mol. The van der Waals surface area contributed by atoms with E-state index < -0.39 is 5.60 Å². The van der Waals surface area contributed by atoms with Gasteiger partial charge < -0.3 is 14.4 Å². The van der Waals surface area contributed by atoms with Gasteiger partial charge in [0.2, 0.25) is 5.91 Å². The van der Waals surface area contributed by atoms with Crippen molar-refractivity contribution in [2.75, 3.05) is 20.2 Å². The first-order valence-electron chi connectivity index (χ1n) is 10.0. The Balaban J connectivity index is 1.36. The zero-order chi connectivity index (χ0) is 20.2. The minimum Gasteiger partial charge on any atom is -0.497 e. The predicted octanol–water partition coefficient (Wildman–Crippen LogP) is 3.88. The smallest absolute Gasteiger partial charge is 0.339 e. The molecule has 1 fully saturated rings. The quantitative estimate of drug-likeness (QED) is 0.732. The Bertz CT molecular complexity index is 1050. The molecule has 5 nitrogen and oxygen atoms in total. The molecule has 0 bridgehead atoms. The van der Waals surface area contributed by atoms with Crippen LogP contribution in [0.4, 0.5) is 0 Å². The maximum absolute atomic E-state index is 13.2. The summed E-state index contributed by atoms with van der Waals surface area (Å²) in [6.07, 6.45) is 3.21. The summed E-state index contributed by atoms with van der Waals surface area (Å²) in [7, 11) is 1.61. The number of amides is 1. The second-order valence-corrected chi connectivity index (χ2v) is 8.04. The Morgan fingerprint density at radius 3 is 2.66 bits per heavy atom. The molecule has 148 valence electrons. The maximum Gasteiger partial charge on any atom is 0.339 e. The number of carbonyl (C=O) groups is 2. The van der Waals surface area contributed by atoms with Crippen molar-refractivity contribution in [3.05, 3.63) is 70.3 Å². The van der Waals surface area contributed by atoms with Crippen molar-refractivity contribution >= 4 is 18.0 Å². The van der Waals surface area contributed by atoms with E-state index in [0.717, 1.165) is 16.7 Å². The Labute approximate surface area is 169 Å². The van der Waals surface area contributed by atoms with Crippen LogP contribution < -0.4 is 4.74 Å². The van der Waals surface area contributed by atoms with Gasteiger partial charge in [0.15, 0.2) is 0 Å². The predicted molar refractivity (Wildman–Crippen MR) is 109 cm³/mol. The summed E-state index contributed by atoms with van der Waals surface area (Å²) in [5, 5.41) is 0. The summed E-state index contributed by atoms with van der Waals surface area (Å²) in [4.78, 5) is 27.5. The Morgan fingerprint density at radius 1 is 1.17 bits per heavy atom. The van der Waals surface area contributed by atoms with E-state index in [0.29, 0.717) is 37.2 Å². The molecule has 0 aromatic heterocycles. The van der Waals surface area contributed by atoms with Crippen molar-refractivity contribution in [1.29, 1.82) is 0 Å². The highest BCUT2D eigenvalue weighted by Crippen LogP contribution is 2.46. The first-order chi connectivity index (χ1) is 14.0. The summed E-state index contributed by atoms with van der Waals surface area (Å²) in [5.74, 6) is 0.607. The molecular formula is C24H23NO4. The molecule has 2 aromatic rings. The van der Waals surface area contributed by atoms with Crippen LogP contribution in [0.15, 0.2) is 48.0 Å². The number of hydrogen-bond donors (Lipinski definition) is 0. The number of fused-ring (bicyclic) bond motifs is 3. The van der Waals surface area contributed by atoms with Crippen LogP contribution in [0.1, 0.15) is 52.7 Å². The van der Waals surface area contributed by atoms with Crippen molar-refractivity contribution in [2.24, 2.45) is 0 Å². The average Bonchev–Trinajstić information content (AvgIpc) is 3.23. The van der Waals surface area contributed by atoms with E-state index in [1.807, 2.05) is 29.2 Å². The fraction of sp³-hybridized carbons (Fsp3) is 0.333. The lowest BCUT2D eigenvalue weighted by atomic mass is 9.83. The molecule has 0 N–H and O–H groups in total. The van der Waals surface area contributed by atoms with Gasteiger partial charge in [0, 0.05) is 43.0 Å². The van der Waals surface area contributed by atoms with Crippen LogP contribution >= 0.6 is 0 Å². The summed E-state index contributed by atoms with van der Waals surface area (Å²) in [6.45, 7) is 3.20. The number of ether oxygens (including phenoxy) is 2. The number of esters is 1. The van der Waals surface area contributed by atoms with Gasteiger partial charge in [-0.3, -0.25) is 4.79 Å². The fourth-order valence-electron chi connectivity index (χ4n) is 4.86. The second kappa shape index (κ2) is 6.48. The first kappa shape index (κ1) is 18.0. The summed E-state index contributed by atoms with van der Waals surface area (Å²) >= 11 is 0. The molecule has 1 spiro atoms. The number of likely N-dealkylation sites (tertiary alicyclic amines) is 1. The highest BCUT2D eigenvalue weighted by Gasteiger charge is 2.48. The minimum atomic E-state index is -0.656. The van der Waals surface area contributed by atoms with E-state index in [1.165, 1.54) is 5.56 Å². The minimum absolute atomic E-state index is 0.0822. The van der Waals surface area contributed by atoms with E-state index in [9.17, 15) is 9.59 Å². The van der Waals surface area contributed by atoms with Crippen molar-refractivity contribution in [1.82, 2.24) is 4.90 Å². The largest absolute Gasteiger partial charge is 0.497 e. The van der Waals surface area contributed by atoms with E-state index in [1.54, 1.807) is 19.2 Å². The van der Waals surface area contributed by atoms with Crippen LogP contribution in [0.25, 0.3) is 6.08 Å². The van der Waals surface area contributed by atoms with E-state index in [4.69, 9.17) is 9.47 Å². The molecule has 5 rings (SSSR count). The molecule has 2 heterocycles. The molecule has 5 heteroatoms. The molecule has 1 aliphatic carbocycles. The number of carbonyl (C=O) groups excluding carboxylic acids is 2. The van der Waals surface area contributed by atoms with Gasteiger partial charge in [-0.25, -0.2) is 4.79 Å². The second-order valence-electron chi connectivity index (χ2n) is 8.04. The number of hydrogen-bond acceptors (Lipinski definition) is 4. The lowest BCUT2D eigenvalue weighted by Gasteiger charge is -2.39. The van der Waals surface area contributed by atoms with Gasteiger partial charge in [-0.15, -0.1) is 0 Å². The fourth-order valence-corrected chi connectivity index (χ4v) is 4.86. The zero-order valence-electron chi connectivity index (χ0n) is 16.6. The maximum atomic E-state index is 13.2. The van der Waals surface area contributed by atoms with Crippen LogP contribution in [0.5, 0.6) is 5.75 Å². The summed E-state index contributed by atoms with van der Waals surface area (Å²) in [5.41, 5.74) is 4.00. The lowest BCUT2D eigenvalue weighted by Crippen LogP contribution is -2.46. The topological polar surface area (TPSA) is 55.8 Å². The van der Waals surface area contributed by atoms with E-state index in [-0.39, 0.29) is 17.8 Å². The molecule has 0 radical (unpaired) electrons. The van der Waals surface area contributed by atoms with E-state index >= 15 is 0 Å². The van der Waals surface area contributed by atoms with Gasteiger partial charge in [-0.1, -0.05) is 31.2 Å². The summed E-state index contributed by atoms with van der Waals surface area (Å²) < 4.78 is 11.2. The molecule has 2 aromatic carbocycles. The number of benzene rings is 2. The third kappa shape index (κ3) is 2.68. The molecule has 1 unspecified atom stereocenters. The average molecular weight is 389 g/mol. The Morgan fingerprint density at radius 2 is 1.93 bits per heavy atom. The molecule has 0 saturated carbocycles. The van der Waals surface area contributed by atoms with Gasteiger partial charge in [-0.2, -0.15) is 0 Å². The molecule has 29 heavy (non-hydrogen) atoms.